The molecular formula is C53H39N3OS. The van der Waals surface area contributed by atoms with E-state index in [0.717, 1.165) is 95.6 Å². The summed E-state index contributed by atoms with van der Waals surface area (Å²) in [5.41, 5.74) is 13.8. The Balaban J connectivity index is 1.09. The van der Waals surface area contributed by atoms with E-state index in [4.69, 9.17) is 0 Å². The molecule has 2 aromatic heterocycles. The zero-order chi connectivity index (χ0) is 39.6. The molecule has 0 aliphatic carbocycles. The molecule has 2 aliphatic heterocycles. The SMILES string of the molecule is C=C(/C=C(\C=C/O)c1ccc2sc3c4c(ccc3c2c1)N(c1cccc(-c2ccccn2)c1)/C=C\C=C/C4=C)c1cccc(N2/C=C\C=C/C(=C)c3ccccc32)c1. The molecule has 5 aromatic carbocycles. The lowest BCUT2D eigenvalue weighted by molar-refractivity contribution is 0.474. The lowest BCUT2D eigenvalue weighted by Gasteiger charge is -2.26. The van der Waals surface area contributed by atoms with Gasteiger partial charge in [-0.1, -0.05) is 105 Å². The van der Waals surface area contributed by atoms with Gasteiger partial charge in [0.15, 0.2) is 0 Å². The monoisotopic (exact) mass is 765 g/mol. The van der Waals surface area contributed by atoms with Crippen LogP contribution in [0.2, 0.25) is 0 Å². The maximum absolute atomic E-state index is 10.1. The first-order chi connectivity index (χ1) is 28.5. The summed E-state index contributed by atoms with van der Waals surface area (Å²) >= 11 is 1.77. The van der Waals surface area contributed by atoms with Crippen LogP contribution in [0, 0.1) is 0 Å². The molecule has 0 saturated carbocycles. The Bertz CT molecular complexity index is 2970. The number of aliphatic hydroxyl groups is 1. The van der Waals surface area contributed by atoms with Gasteiger partial charge in [-0.05, 0) is 118 Å². The number of allylic oxidation sites excluding steroid dienone is 12. The van der Waals surface area contributed by atoms with E-state index >= 15 is 0 Å². The van der Waals surface area contributed by atoms with Gasteiger partial charge in [-0.2, -0.15) is 0 Å². The second kappa shape index (κ2) is 15.6. The maximum atomic E-state index is 10.1. The summed E-state index contributed by atoms with van der Waals surface area (Å²) < 4.78 is 2.34. The largest absolute Gasteiger partial charge is 0.516 e. The van der Waals surface area contributed by atoms with Gasteiger partial charge >= 0.3 is 0 Å². The fraction of sp³-hybridized carbons (Fsp3) is 0. The number of hydrogen-bond acceptors (Lipinski definition) is 5. The van der Waals surface area contributed by atoms with E-state index in [-0.39, 0.29) is 0 Å². The Morgan fingerprint density at radius 1 is 0.655 bits per heavy atom. The number of pyridine rings is 1. The summed E-state index contributed by atoms with van der Waals surface area (Å²) in [4.78, 5) is 9.00. The van der Waals surface area contributed by atoms with Gasteiger partial charge in [-0.25, -0.2) is 0 Å². The summed E-state index contributed by atoms with van der Waals surface area (Å²) in [5, 5.41) is 12.4. The number of nitrogens with zero attached hydrogens (tertiary/aromatic N) is 3. The van der Waals surface area contributed by atoms with Crippen LogP contribution in [0.3, 0.4) is 0 Å². The normalized spacial score (nSPS) is 16.3. The molecule has 58 heavy (non-hydrogen) atoms. The molecule has 1 N–H and O–H groups in total. The zero-order valence-electron chi connectivity index (χ0n) is 31.8. The molecule has 0 spiro atoms. The standard InChI is InChI=1S/C53H39N3OS/c1-36-14-7-10-29-55(49-22-5-4-20-45(36)49)43-18-12-16-39(33-43)38(3)32-41(27-31-57)40-23-26-51-47(35-40)46-24-25-50-52(53(46)58-51)37(2)15-8-11-30-56(50)44-19-13-17-42(34-44)48-21-6-9-28-54-48/h4-35,57H,1-3H2/b14-7-,15-8-,29-10-,30-11-,31-27-,41-32+. The van der Waals surface area contributed by atoms with Crippen LogP contribution in [0.5, 0.6) is 0 Å². The Morgan fingerprint density at radius 3 is 2.22 bits per heavy atom. The minimum atomic E-state index is 0.823. The molecule has 9 rings (SSSR count). The summed E-state index contributed by atoms with van der Waals surface area (Å²) in [7, 11) is 0. The molecule has 7 aromatic rings. The van der Waals surface area contributed by atoms with Crippen molar-refractivity contribution in [2.45, 2.75) is 0 Å². The fourth-order valence-corrected chi connectivity index (χ4v) is 8.92. The third kappa shape index (κ3) is 6.85. The molecule has 0 bridgehead atoms. The third-order valence-electron chi connectivity index (χ3n) is 10.5. The number of aromatic nitrogens is 1. The Hall–Kier alpha value is -7.47. The van der Waals surface area contributed by atoms with E-state index in [1.165, 1.54) is 9.40 Å². The van der Waals surface area contributed by atoms with Gasteiger partial charge in [0.2, 0.25) is 0 Å². The van der Waals surface area contributed by atoms with Crippen molar-refractivity contribution in [3.63, 3.8) is 0 Å². The first-order valence-corrected chi connectivity index (χ1v) is 19.9. The highest BCUT2D eigenvalue weighted by atomic mass is 32.1. The Labute approximate surface area is 343 Å². The van der Waals surface area contributed by atoms with Crippen LogP contribution in [0.4, 0.5) is 22.7 Å². The molecule has 4 nitrogen and oxygen atoms in total. The first kappa shape index (κ1) is 36.2. The molecule has 0 radical (unpaired) electrons. The number of rotatable bonds is 7. The van der Waals surface area contributed by atoms with Gasteiger partial charge in [-0.15, -0.1) is 11.3 Å². The second-order valence-electron chi connectivity index (χ2n) is 14.1. The molecule has 0 fully saturated rings. The van der Waals surface area contributed by atoms with Crippen LogP contribution < -0.4 is 9.80 Å². The molecule has 278 valence electrons. The summed E-state index contributed by atoms with van der Waals surface area (Å²) in [6, 6.07) is 42.1. The number of fused-ring (bicyclic) bond motifs is 6. The lowest BCUT2D eigenvalue weighted by Crippen LogP contribution is -2.11. The second-order valence-corrected chi connectivity index (χ2v) is 15.2. The van der Waals surface area contributed by atoms with Crippen molar-refractivity contribution in [2.75, 3.05) is 9.80 Å². The average molecular weight is 766 g/mol. The minimum Gasteiger partial charge on any atom is -0.516 e. The van der Waals surface area contributed by atoms with Gasteiger partial charge in [0, 0.05) is 66.8 Å². The van der Waals surface area contributed by atoms with E-state index in [9.17, 15) is 5.11 Å². The molecular weight excluding hydrogens is 727 g/mol. The van der Waals surface area contributed by atoms with Gasteiger partial charge in [0.05, 0.1) is 23.3 Å². The maximum Gasteiger partial charge on any atom is 0.0797 e. The van der Waals surface area contributed by atoms with E-state index in [0.29, 0.717) is 0 Å². The van der Waals surface area contributed by atoms with E-state index in [1.54, 1.807) is 17.4 Å². The predicted octanol–water partition coefficient (Wildman–Crippen LogP) is 14.8. The highest BCUT2D eigenvalue weighted by Crippen LogP contribution is 2.46. The number of thiophene rings is 1. The topological polar surface area (TPSA) is 39.6 Å². The smallest absolute Gasteiger partial charge is 0.0797 e. The Morgan fingerprint density at radius 2 is 1.41 bits per heavy atom. The number of para-hydroxylation sites is 1. The lowest BCUT2D eigenvalue weighted by atomic mass is 9.96. The molecule has 2 aliphatic rings. The highest BCUT2D eigenvalue weighted by molar-refractivity contribution is 7.26. The van der Waals surface area contributed by atoms with Gasteiger partial charge in [-0.3, -0.25) is 4.98 Å². The zero-order valence-corrected chi connectivity index (χ0v) is 32.6. The molecule has 0 amide bonds. The average Bonchev–Trinajstić information content (AvgIpc) is 3.63. The van der Waals surface area contributed by atoms with E-state index < -0.39 is 0 Å². The van der Waals surface area contributed by atoms with Crippen molar-refractivity contribution in [3.8, 4) is 11.3 Å². The molecule has 0 atom stereocenters. The minimum absolute atomic E-state index is 0.823. The third-order valence-corrected chi connectivity index (χ3v) is 11.7. The predicted molar refractivity (Wildman–Crippen MR) is 250 cm³/mol. The highest BCUT2D eigenvalue weighted by Gasteiger charge is 2.21. The van der Waals surface area contributed by atoms with Crippen molar-refractivity contribution in [1.29, 1.82) is 0 Å². The quantitative estimate of drug-likeness (QED) is 0.130. The summed E-state index contributed by atoms with van der Waals surface area (Å²) in [5.74, 6) is 0. The van der Waals surface area contributed by atoms with Gasteiger partial charge in [0.25, 0.3) is 0 Å². The van der Waals surface area contributed by atoms with Crippen LogP contribution in [0.25, 0.3) is 53.7 Å². The molecule has 0 unspecified atom stereocenters. The summed E-state index contributed by atoms with van der Waals surface area (Å²) in [6.45, 7) is 13.3. The van der Waals surface area contributed by atoms with E-state index in [1.807, 2.05) is 66.9 Å². The van der Waals surface area contributed by atoms with Crippen molar-refractivity contribution in [2.24, 2.45) is 0 Å². The number of hydrogen-bond donors (Lipinski definition) is 1. The van der Waals surface area contributed by atoms with Crippen LogP contribution in [0.1, 0.15) is 22.3 Å². The summed E-state index contributed by atoms with van der Waals surface area (Å²) in [6.07, 6.45) is 23.1. The molecule has 4 heterocycles. The van der Waals surface area contributed by atoms with Crippen LogP contribution >= 0.6 is 11.3 Å². The molecule has 0 saturated heterocycles. The Kier molecular flexibility index (Phi) is 9.72. The fourth-order valence-electron chi connectivity index (χ4n) is 7.66. The van der Waals surface area contributed by atoms with Crippen LogP contribution in [-0.2, 0) is 0 Å². The van der Waals surface area contributed by atoms with E-state index in [2.05, 4.69) is 150 Å². The van der Waals surface area contributed by atoms with Crippen LogP contribution in [0.15, 0.2) is 215 Å². The van der Waals surface area contributed by atoms with Gasteiger partial charge < -0.3 is 14.9 Å². The van der Waals surface area contributed by atoms with Crippen molar-refractivity contribution < 1.29 is 5.11 Å². The number of benzene rings is 5. The van der Waals surface area contributed by atoms with Crippen LogP contribution in [-0.4, -0.2) is 10.1 Å². The molecule has 5 heteroatoms. The number of anilines is 4. The first-order valence-electron chi connectivity index (χ1n) is 19.1. The number of aliphatic hydroxyl groups excluding tert-OH is 1. The van der Waals surface area contributed by atoms with Crippen molar-refractivity contribution in [1.82, 2.24) is 4.98 Å². The van der Waals surface area contributed by atoms with Crippen molar-refractivity contribution >= 4 is 76.6 Å². The van der Waals surface area contributed by atoms with Gasteiger partial charge in [0.1, 0.15) is 0 Å². The van der Waals surface area contributed by atoms with Crippen molar-refractivity contribution in [3.05, 3.63) is 237 Å².